The molecule has 0 fully saturated rings. The maximum atomic E-state index is 13.3. The molecule has 0 aliphatic heterocycles. The number of benzene rings is 3. The van der Waals surface area contributed by atoms with E-state index in [2.05, 4.69) is 0 Å². The molecule has 0 spiro atoms. The third-order valence-electron chi connectivity index (χ3n) is 5.16. The van der Waals surface area contributed by atoms with E-state index < -0.39 is 10.1 Å². The fraction of sp³-hybridized carbons (Fsp3) is 0.115. The summed E-state index contributed by atoms with van der Waals surface area (Å²) in [7, 11) is -2.53. The molecule has 0 aliphatic carbocycles. The van der Waals surface area contributed by atoms with E-state index in [0.717, 1.165) is 11.1 Å². The van der Waals surface area contributed by atoms with Crippen LogP contribution in [0.5, 0.6) is 11.5 Å². The lowest BCUT2D eigenvalue weighted by Gasteiger charge is -2.22. The lowest BCUT2D eigenvalue weighted by molar-refractivity contribution is 0.0697. The number of ether oxygens (including phenoxy) is 1. The fourth-order valence-electron chi connectivity index (χ4n) is 3.35. The minimum absolute atomic E-state index is 0.00288. The van der Waals surface area contributed by atoms with Gasteiger partial charge in [0, 0.05) is 13.1 Å². The first-order chi connectivity index (χ1) is 16.8. The highest BCUT2D eigenvalue weighted by Gasteiger charge is 2.20. The van der Waals surface area contributed by atoms with Crippen molar-refractivity contribution in [3.05, 3.63) is 114 Å². The van der Waals surface area contributed by atoms with Crippen LogP contribution < -0.4 is 8.92 Å². The summed E-state index contributed by atoms with van der Waals surface area (Å²) in [5, 5.41) is 0. The first-order valence-electron chi connectivity index (χ1n) is 10.6. The van der Waals surface area contributed by atoms with Gasteiger partial charge in [-0.25, -0.2) is 4.39 Å². The molecule has 0 atom stereocenters. The fourth-order valence-corrected chi connectivity index (χ4v) is 4.28. The van der Waals surface area contributed by atoms with E-state index in [-0.39, 0.29) is 41.2 Å². The van der Waals surface area contributed by atoms with Crippen LogP contribution in [0.15, 0.2) is 101 Å². The average Bonchev–Trinajstić information content (AvgIpc) is 3.41. The van der Waals surface area contributed by atoms with E-state index in [4.69, 9.17) is 13.3 Å². The van der Waals surface area contributed by atoms with Gasteiger partial charge in [0.05, 0.1) is 13.4 Å². The summed E-state index contributed by atoms with van der Waals surface area (Å²) in [4.78, 5) is 14.5. The summed E-state index contributed by atoms with van der Waals surface area (Å²) in [5.41, 5.74) is 1.48. The van der Waals surface area contributed by atoms with Crippen LogP contribution >= 0.6 is 0 Å². The van der Waals surface area contributed by atoms with Gasteiger partial charge in [0.1, 0.15) is 22.2 Å². The lowest BCUT2D eigenvalue weighted by Crippen LogP contribution is -2.29. The first-order valence-corrected chi connectivity index (χ1v) is 12.0. The summed E-state index contributed by atoms with van der Waals surface area (Å²) < 4.78 is 53.9. The van der Waals surface area contributed by atoms with Gasteiger partial charge in [-0.1, -0.05) is 24.3 Å². The minimum atomic E-state index is -4.02. The molecule has 1 aromatic heterocycles. The molecule has 0 saturated heterocycles. The van der Waals surface area contributed by atoms with E-state index in [1.54, 1.807) is 41.3 Å². The van der Waals surface area contributed by atoms with Gasteiger partial charge in [-0.05, 0) is 71.8 Å². The molecule has 180 valence electrons. The molecule has 7 nitrogen and oxygen atoms in total. The van der Waals surface area contributed by atoms with Crippen molar-refractivity contribution in [2.75, 3.05) is 7.11 Å². The van der Waals surface area contributed by atoms with E-state index in [0.29, 0.717) is 5.75 Å². The monoisotopic (exact) mass is 495 g/mol. The van der Waals surface area contributed by atoms with Crippen LogP contribution in [0.2, 0.25) is 0 Å². The number of furan rings is 1. The van der Waals surface area contributed by atoms with Gasteiger partial charge in [0.25, 0.3) is 5.91 Å². The average molecular weight is 496 g/mol. The maximum Gasteiger partial charge on any atom is 0.339 e. The normalized spacial score (nSPS) is 11.1. The molecule has 4 rings (SSSR count). The van der Waals surface area contributed by atoms with Gasteiger partial charge in [-0.15, -0.1) is 0 Å². The molecule has 0 N–H and O–H groups in total. The van der Waals surface area contributed by atoms with Gasteiger partial charge in [-0.2, -0.15) is 8.42 Å². The van der Waals surface area contributed by atoms with Crippen molar-refractivity contribution >= 4 is 16.0 Å². The van der Waals surface area contributed by atoms with Crippen LogP contribution in [0, 0.1) is 5.82 Å². The molecular weight excluding hydrogens is 473 g/mol. The predicted molar refractivity (Wildman–Crippen MR) is 126 cm³/mol. The number of methoxy groups -OCH3 is 1. The Morgan fingerprint density at radius 3 is 1.97 bits per heavy atom. The molecule has 9 heteroatoms. The highest BCUT2D eigenvalue weighted by Crippen LogP contribution is 2.22. The van der Waals surface area contributed by atoms with E-state index in [9.17, 15) is 17.6 Å². The maximum absolute atomic E-state index is 13.3. The number of halogens is 1. The number of hydrogen-bond donors (Lipinski definition) is 0. The quantitative estimate of drug-likeness (QED) is 0.303. The minimum Gasteiger partial charge on any atom is -0.497 e. The molecule has 0 unspecified atom stereocenters. The van der Waals surface area contributed by atoms with Crippen molar-refractivity contribution in [2.45, 2.75) is 18.0 Å². The topological polar surface area (TPSA) is 86.1 Å². The Kier molecular flexibility index (Phi) is 7.17. The summed E-state index contributed by atoms with van der Waals surface area (Å²) in [5.74, 6) is 0.145. The molecule has 1 heterocycles. The Balaban J connectivity index is 1.49. The summed E-state index contributed by atoms with van der Waals surface area (Å²) in [6.45, 7) is 0.437. The first kappa shape index (κ1) is 24.0. The van der Waals surface area contributed by atoms with Crippen molar-refractivity contribution in [3.8, 4) is 11.5 Å². The molecule has 35 heavy (non-hydrogen) atoms. The second-order valence-corrected chi connectivity index (χ2v) is 9.17. The smallest absolute Gasteiger partial charge is 0.339 e. The molecule has 0 bridgehead atoms. The standard InChI is InChI=1S/C26H22FNO6S/c1-32-22-12-14-24(15-13-22)35(30,31)34-23-10-6-20(7-11-23)18-28(26(29)25-3-2-16-33-25)17-19-4-8-21(27)9-5-19/h2-16H,17-18H2,1H3. The molecule has 0 radical (unpaired) electrons. The van der Waals surface area contributed by atoms with Crippen molar-refractivity contribution in [1.82, 2.24) is 4.90 Å². The Bertz CT molecular complexity index is 1370. The summed E-state index contributed by atoms with van der Waals surface area (Å²) in [6.07, 6.45) is 1.42. The van der Waals surface area contributed by atoms with Crippen LogP contribution in [0.4, 0.5) is 4.39 Å². The van der Waals surface area contributed by atoms with Crippen LogP contribution in [0.3, 0.4) is 0 Å². The lowest BCUT2D eigenvalue weighted by atomic mass is 10.1. The summed E-state index contributed by atoms with van der Waals surface area (Å²) >= 11 is 0. The Labute approximate surface area is 202 Å². The second-order valence-electron chi connectivity index (χ2n) is 7.62. The third kappa shape index (κ3) is 6.07. The number of rotatable bonds is 9. The van der Waals surface area contributed by atoms with E-state index >= 15 is 0 Å². The Morgan fingerprint density at radius 1 is 0.857 bits per heavy atom. The van der Waals surface area contributed by atoms with Gasteiger partial charge in [0.2, 0.25) is 0 Å². The van der Waals surface area contributed by atoms with E-state index in [1.165, 1.54) is 61.9 Å². The third-order valence-corrected chi connectivity index (χ3v) is 6.42. The number of carbonyl (C=O) groups excluding carboxylic acids is 1. The van der Waals surface area contributed by atoms with Gasteiger partial charge in [0.15, 0.2) is 5.76 Å². The number of hydrogen-bond acceptors (Lipinski definition) is 6. The highest BCUT2D eigenvalue weighted by molar-refractivity contribution is 7.87. The summed E-state index contributed by atoms with van der Waals surface area (Å²) in [6, 6.07) is 21.3. The number of amides is 1. The zero-order valence-corrected chi connectivity index (χ0v) is 19.6. The van der Waals surface area contributed by atoms with Crippen LogP contribution in [0.1, 0.15) is 21.7 Å². The van der Waals surface area contributed by atoms with E-state index in [1.807, 2.05) is 0 Å². The van der Waals surface area contributed by atoms with Crippen molar-refractivity contribution < 1.29 is 30.9 Å². The van der Waals surface area contributed by atoms with Crippen LogP contribution in [0.25, 0.3) is 0 Å². The van der Waals surface area contributed by atoms with Crippen LogP contribution in [-0.2, 0) is 23.2 Å². The SMILES string of the molecule is COc1ccc(S(=O)(=O)Oc2ccc(CN(Cc3ccc(F)cc3)C(=O)c3ccco3)cc2)cc1. The zero-order valence-electron chi connectivity index (χ0n) is 18.8. The largest absolute Gasteiger partial charge is 0.497 e. The molecule has 0 aliphatic rings. The predicted octanol–water partition coefficient (Wildman–Crippen LogP) is 5.04. The Hall–Kier alpha value is -4.11. The number of nitrogens with zero attached hydrogens (tertiary/aromatic N) is 1. The highest BCUT2D eigenvalue weighted by atomic mass is 32.2. The molecule has 1 amide bonds. The van der Waals surface area contributed by atoms with Gasteiger partial charge < -0.3 is 18.2 Å². The zero-order chi connectivity index (χ0) is 24.8. The molecule has 3 aromatic carbocycles. The molecule has 4 aromatic rings. The van der Waals surface area contributed by atoms with Crippen molar-refractivity contribution in [2.24, 2.45) is 0 Å². The molecular formula is C26H22FNO6S. The number of carbonyl (C=O) groups is 1. The Morgan fingerprint density at radius 2 is 1.43 bits per heavy atom. The van der Waals surface area contributed by atoms with Crippen molar-refractivity contribution in [3.63, 3.8) is 0 Å². The van der Waals surface area contributed by atoms with Gasteiger partial charge >= 0.3 is 10.1 Å². The molecule has 0 saturated carbocycles. The van der Waals surface area contributed by atoms with Crippen molar-refractivity contribution in [1.29, 1.82) is 0 Å². The van der Waals surface area contributed by atoms with Crippen LogP contribution in [-0.4, -0.2) is 26.3 Å². The van der Waals surface area contributed by atoms with Gasteiger partial charge in [-0.3, -0.25) is 4.79 Å². The second kappa shape index (κ2) is 10.4.